The van der Waals surface area contributed by atoms with E-state index in [1.54, 1.807) is 6.92 Å². The Labute approximate surface area is 106 Å². The minimum absolute atomic E-state index is 0.170. The van der Waals surface area contributed by atoms with E-state index < -0.39 is 0 Å². The van der Waals surface area contributed by atoms with E-state index in [9.17, 15) is 4.79 Å². The summed E-state index contributed by atoms with van der Waals surface area (Å²) >= 11 is 0. The maximum atomic E-state index is 11.1. The predicted octanol–water partition coefficient (Wildman–Crippen LogP) is 2.77. The minimum atomic E-state index is 0.170. The van der Waals surface area contributed by atoms with Crippen LogP contribution in [0.4, 0.5) is 0 Å². The van der Waals surface area contributed by atoms with Gasteiger partial charge in [-0.2, -0.15) is 0 Å². The molecule has 1 atom stereocenters. The van der Waals surface area contributed by atoms with Crippen molar-refractivity contribution in [2.45, 2.75) is 32.7 Å². The topological polar surface area (TPSA) is 55.1 Å². The maximum absolute atomic E-state index is 11.1. The average molecular weight is 246 g/mol. The predicted molar refractivity (Wildman–Crippen MR) is 70.5 cm³/mol. The third-order valence-corrected chi connectivity index (χ3v) is 3.06. The van der Waals surface area contributed by atoms with Crippen LogP contribution >= 0.6 is 0 Å². The zero-order chi connectivity index (χ0) is 13.1. The van der Waals surface area contributed by atoms with Gasteiger partial charge in [-0.1, -0.05) is 6.07 Å². The van der Waals surface area contributed by atoms with Crippen LogP contribution in [0.2, 0.25) is 0 Å². The quantitative estimate of drug-likeness (QED) is 0.881. The fraction of sp³-hybridized carbons (Fsp3) is 0.429. The maximum Gasteiger partial charge on any atom is 0.192 e. The van der Waals surface area contributed by atoms with Crippen molar-refractivity contribution in [1.82, 2.24) is 10.3 Å². The molecule has 4 heteroatoms. The van der Waals surface area contributed by atoms with E-state index in [0.29, 0.717) is 12.3 Å². The van der Waals surface area contributed by atoms with E-state index >= 15 is 0 Å². The van der Waals surface area contributed by atoms with Crippen LogP contribution in [0.3, 0.4) is 0 Å². The van der Waals surface area contributed by atoms with Crippen molar-refractivity contribution in [3.8, 4) is 0 Å². The van der Waals surface area contributed by atoms with Crippen LogP contribution in [-0.2, 0) is 4.79 Å². The molecule has 0 aliphatic carbocycles. The average Bonchev–Trinajstić information content (AvgIpc) is 2.68. The number of carbonyl (C=O) groups excluding carboxylic acids is 1. The van der Waals surface area contributed by atoms with Crippen LogP contribution in [0.5, 0.6) is 0 Å². The Morgan fingerprint density at radius 2 is 2.28 bits per heavy atom. The molecule has 0 amide bonds. The summed E-state index contributed by atoms with van der Waals surface area (Å²) < 4.78 is 5.52. The number of Topliss-reactive ketones (excluding diaryl/α,β-unsaturated/α-hetero) is 1. The Kier molecular flexibility index (Phi) is 3.77. The molecular weight excluding hydrogens is 228 g/mol. The van der Waals surface area contributed by atoms with E-state index in [1.807, 2.05) is 32.2 Å². The number of hydrogen-bond donors (Lipinski definition) is 1. The molecule has 4 nitrogen and oxygen atoms in total. The lowest BCUT2D eigenvalue weighted by molar-refractivity contribution is -0.117. The number of fused-ring (bicyclic) bond motifs is 1. The van der Waals surface area contributed by atoms with E-state index in [1.165, 1.54) is 0 Å². The fourth-order valence-corrected chi connectivity index (χ4v) is 2.10. The first kappa shape index (κ1) is 12.8. The number of nitrogens with zero attached hydrogens (tertiary/aromatic N) is 1. The summed E-state index contributed by atoms with van der Waals surface area (Å²) in [6, 6.07) is 6.16. The number of oxazole rings is 1. The van der Waals surface area contributed by atoms with E-state index in [-0.39, 0.29) is 11.8 Å². The molecule has 96 valence electrons. The van der Waals surface area contributed by atoms with Crippen LogP contribution in [0, 0.1) is 6.92 Å². The summed E-state index contributed by atoms with van der Waals surface area (Å²) in [5.74, 6) is 0.888. The van der Waals surface area contributed by atoms with Crippen molar-refractivity contribution in [2.24, 2.45) is 0 Å². The zero-order valence-corrected chi connectivity index (χ0v) is 11.0. The lowest BCUT2D eigenvalue weighted by Gasteiger charge is -2.15. The van der Waals surface area contributed by atoms with Crippen LogP contribution in [-0.4, -0.2) is 17.8 Å². The smallest absolute Gasteiger partial charge is 0.192 e. The Balaban J connectivity index is 2.24. The van der Waals surface area contributed by atoms with Crippen LogP contribution in [0.1, 0.15) is 37.3 Å². The normalized spacial score (nSPS) is 12.8. The molecule has 2 rings (SSSR count). The minimum Gasteiger partial charge on any atom is -0.441 e. The number of rotatable bonds is 5. The molecule has 1 aromatic carbocycles. The van der Waals surface area contributed by atoms with Gasteiger partial charge in [0.2, 0.25) is 0 Å². The van der Waals surface area contributed by atoms with Gasteiger partial charge >= 0.3 is 0 Å². The van der Waals surface area contributed by atoms with Crippen molar-refractivity contribution < 1.29 is 9.21 Å². The Morgan fingerprint density at radius 1 is 1.50 bits per heavy atom. The Hall–Kier alpha value is -1.68. The largest absolute Gasteiger partial charge is 0.441 e. The summed E-state index contributed by atoms with van der Waals surface area (Å²) in [5.41, 5.74) is 2.80. The van der Waals surface area contributed by atoms with Crippen LogP contribution in [0.15, 0.2) is 22.6 Å². The molecule has 2 aromatic rings. The lowest BCUT2D eigenvalue weighted by atomic mass is 10.0. The van der Waals surface area contributed by atoms with Gasteiger partial charge in [-0.15, -0.1) is 0 Å². The highest BCUT2D eigenvalue weighted by molar-refractivity contribution is 5.75. The number of aryl methyl sites for hydroxylation is 1. The number of hydrogen-bond acceptors (Lipinski definition) is 4. The molecule has 0 saturated heterocycles. The molecule has 1 aromatic heterocycles. The summed E-state index contributed by atoms with van der Waals surface area (Å²) in [7, 11) is 1.90. The van der Waals surface area contributed by atoms with Gasteiger partial charge < -0.3 is 14.5 Å². The molecule has 0 saturated carbocycles. The SMILES string of the molecule is CNC(CCC(C)=O)c1ccc2nc(C)oc2c1. The Bertz CT molecular complexity index is 560. The third-order valence-electron chi connectivity index (χ3n) is 3.06. The molecular formula is C14H18N2O2. The second-order valence-corrected chi connectivity index (χ2v) is 4.54. The molecule has 0 spiro atoms. The van der Waals surface area contributed by atoms with Gasteiger partial charge in [-0.25, -0.2) is 4.98 Å². The van der Waals surface area contributed by atoms with Gasteiger partial charge in [0.25, 0.3) is 0 Å². The molecule has 1 unspecified atom stereocenters. The number of carbonyl (C=O) groups is 1. The van der Waals surface area contributed by atoms with Gasteiger partial charge in [0.15, 0.2) is 11.5 Å². The number of benzene rings is 1. The van der Waals surface area contributed by atoms with Crippen molar-refractivity contribution in [1.29, 1.82) is 0 Å². The zero-order valence-electron chi connectivity index (χ0n) is 11.0. The van der Waals surface area contributed by atoms with Crippen molar-refractivity contribution in [3.63, 3.8) is 0 Å². The first-order valence-electron chi connectivity index (χ1n) is 6.14. The van der Waals surface area contributed by atoms with Gasteiger partial charge in [0.05, 0.1) is 0 Å². The monoisotopic (exact) mass is 246 g/mol. The summed E-state index contributed by atoms with van der Waals surface area (Å²) in [4.78, 5) is 15.3. The third kappa shape index (κ3) is 2.76. The highest BCUT2D eigenvalue weighted by atomic mass is 16.3. The van der Waals surface area contributed by atoms with Crippen LogP contribution < -0.4 is 5.32 Å². The number of nitrogens with one attached hydrogen (secondary N) is 1. The van der Waals surface area contributed by atoms with Gasteiger partial charge in [0.1, 0.15) is 11.3 Å². The molecule has 0 aliphatic rings. The number of aromatic nitrogens is 1. The van der Waals surface area contributed by atoms with Crippen molar-refractivity contribution >= 4 is 16.9 Å². The molecule has 1 heterocycles. The van der Waals surface area contributed by atoms with Gasteiger partial charge in [-0.3, -0.25) is 0 Å². The molecule has 0 aliphatic heterocycles. The molecule has 1 N–H and O–H groups in total. The van der Waals surface area contributed by atoms with E-state index in [2.05, 4.69) is 10.3 Å². The molecule has 0 radical (unpaired) electrons. The molecule has 0 bridgehead atoms. The molecule has 18 heavy (non-hydrogen) atoms. The summed E-state index contributed by atoms with van der Waals surface area (Å²) in [6.45, 7) is 3.46. The van der Waals surface area contributed by atoms with Crippen LogP contribution in [0.25, 0.3) is 11.1 Å². The lowest BCUT2D eigenvalue weighted by Crippen LogP contribution is -2.17. The van der Waals surface area contributed by atoms with Crippen molar-refractivity contribution in [3.05, 3.63) is 29.7 Å². The first-order chi connectivity index (χ1) is 8.60. The highest BCUT2D eigenvalue weighted by Gasteiger charge is 2.12. The van der Waals surface area contributed by atoms with Gasteiger partial charge in [0, 0.05) is 19.4 Å². The summed E-state index contributed by atoms with van der Waals surface area (Å²) in [5, 5.41) is 3.23. The standard InChI is InChI=1S/C14H18N2O2/c1-9(17)4-6-12(15-3)11-5-7-13-14(8-11)18-10(2)16-13/h5,7-8,12,15H,4,6H2,1-3H3. The Morgan fingerprint density at radius 3 is 2.94 bits per heavy atom. The van der Waals surface area contributed by atoms with Crippen molar-refractivity contribution in [2.75, 3.05) is 7.05 Å². The fourth-order valence-electron chi connectivity index (χ4n) is 2.10. The molecule has 0 fully saturated rings. The number of ketones is 1. The highest BCUT2D eigenvalue weighted by Crippen LogP contribution is 2.23. The van der Waals surface area contributed by atoms with E-state index in [0.717, 1.165) is 23.1 Å². The second kappa shape index (κ2) is 5.31. The summed E-state index contributed by atoms with van der Waals surface area (Å²) in [6.07, 6.45) is 1.38. The van der Waals surface area contributed by atoms with Gasteiger partial charge in [-0.05, 0) is 38.1 Å². The first-order valence-corrected chi connectivity index (χ1v) is 6.14. The van der Waals surface area contributed by atoms with E-state index in [4.69, 9.17) is 4.42 Å². The second-order valence-electron chi connectivity index (χ2n) is 4.54.